The first kappa shape index (κ1) is 16.2. The van der Waals surface area contributed by atoms with Crippen LogP contribution in [0.15, 0.2) is 42.9 Å². The summed E-state index contributed by atoms with van der Waals surface area (Å²) in [5, 5.41) is 1.05. The average molecular weight is 322 g/mol. The molecule has 24 heavy (non-hydrogen) atoms. The molecule has 0 atom stereocenters. The van der Waals surface area contributed by atoms with Gasteiger partial charge < -0.3 is 9.88 Å². The van der Waals surface area contributed by atoms with Crippen molar-refractivity contribution in [1.82, 2.24) is 19.9 Å². The van der Waals surface area contributed by atoms with Crippen molar-refractivity contribution in [3.63, 3.8) is 0 Å². The summed E-state index contributed by atoms with van der Waals surface area (Å²) in [6.07, 6.45) is 4.92. The van der Waals surface area contributed by atoms with Crippen molar-refractivity contribution >= 4 is 16.8 Å². The van der Waals surface area contributed by atoms with E-state index in [4.69, 9.17) is 0 Å². The van der Waals surface area contributed by atoms with Crippen molar-refractivity contribution < 1.29 is 4.79 Å². The van der Waals surface area contributed by atoms with Crippen molar-refractivity contribution in [2.75, 3.05) is 7.05 Å². The number of H-pyrrole nitrogens is 1. The summed E-state index contributed by atoms with van der Waals surface area (Å²) in [4.78, 5) is 25.7. The van der Waals surface area contributed by atoms with E-state index in [9.17, 15) is 4.79 Å². The fourth-order valence-corrected chi connectivity index (χ4v) is 2.65. The number of carbonyl (C=O) groups excluding carboxylic acids is 1. The standard InChI is InChI=1S/C19H22N4O/c1-19(2,3)14-5-6-16-13(9-14)10-17(22-16)18(24)23(4)12-15-11-20-7-8-21-15/h5-11,22H,12H2,1-4H3. The number of rotatable bonds is 3. The van der Waals surface area contributed by atoms with E-state index in [0.29, 0.717) is 12.2 Å². The van der Waals surface area contributed by atoms with E-state index in [1.807, 2.05) is 12.1 Å². The first-order valence-corrected chi connectivity index (χ1v) is 7.98. The molecule has 0 radical (unpaired) electrons. The molecule has 3 aromatic rings. The Hall–Kier alpha value is -2.69. The molecule has 0 fully saturated rings. The molecule has 0 aliphatic heterocycles. The van der Waals surface area contributed by atoms with Gasteiger partial charge in [-0.1, -0.05) is 26.8 Å². The monoisotopic (exact) mass is 322 g/mol. The van der Waals surface area contributed by atoms with Gasteiger partial charge in [0.2, 0.25) is 0 Å². The molecule has 1 aromatic carbocycles. The Kier molecular flexibility index (Phi) is 4.09. The smallest absolute Gasteiger partial charge is 0.270 e. The van der Waals surface area contributed by atoms with E-state index < -0.39 is 0 Å². The Bertz CT molecular complexity index is 862. The zero-order valence-corrected chi connectivity index (χ0v) is 14.5. The second-order valence-electron chi connectivity index (χ2n) is 7.09. The number of fused-ring (bicyclic) bond motifs is 1. The van der Waals surface area contributed by atoms with Crippen molar-refractivity contribution in [3.8, 4) is 0 Å². The van der Waals surface area contributed by atoms with Crippen LogP contribution in [0.5, 0.6) is 0 Å². The fourth-order valence-electron chi connectivity index (χ4n) is 2.65. The van der Waals surface area contributed by atoms with Crippen LogP contribution >= 0.6 is 0 Å². The summed E-state index contributed by atoms with van der Waals surface area (Å²) in [6.45, 7) is 6.97. The molecule has 2 heterocycles. The molecule has 124 valence electrons. The lowest BCUT2D eigenvalue weighted by Gasteiger charge is -2.18. The lowest BCUT2D eigenvalue weighted by Crippen LogP contribution is -2.26. The molecular weight excluding hydrogens is 300 g/mol. The normalized spacial score (nSPS) is 11.7. The quantitative estimate of drug-likeness (QED) is 0.802. The van der Waals surface area contributed by atoms with Crippen LogP contribution in [0.2, 0.25) is 0 Å². The van der Waals surface area contributed by atoms with Crippen LogP contribution < -0.4 is 0 Å². The zero-order chi connectivity index (χ0) is 17.3. The third-order valence-corrected chi connectivity index (χ3v) is 4.08. The van der Waals surface area contributed by atoms with Gasteiger partial charge in [-0.3, -0.25) is 14.8 Å². The maximum absolute atomic E-state index is 12.6. The van der Waals surface area contributed by atoms with Crippen molar-refractivity contribution in [2.45, 2.75) is 32.7 Å². The van der Waals surface area contributed by atoms with Crippen molar-refractivity contribution in [2.24, 2.45) is 0 Å². The van der Waals surface area contributed by atoms with Gasteiger partial charge in [-0.15, -0.1) is 0 Å². The Morgan fingerprint density at radius 1 is 1.21 bits per heavy atom. The summed E-state index contributed by atoms with van der Waals surface area (Å²) >= 11 is 0. The predicted octanol–water partition coefficient (Wildman–Crippen LogP) is 3.53. The van der Waals surface area contributed by atoms with Crippen LogP contribution in [0.1, 0.15) is 42.5 Å². The average Bonchev–Trinajstić information content (AvgIpc) is 2.97. The minimum absolute atomic E-state index is 0.0610. The van der Waals surface area contributed by atoms with Gasteiger partial charge in [0.1, 0.15) is 5.69 Å². The van der Waals surface area contributed by atoms with Gasteiger partial charge in [-0.2, -0.15) is 0 Å². The molecule has 2 aromatic heterocycles. The molecule has 0 saturated carbocycles. The van der Waals surface area contributed by atoms with E-state index in [2.05, 4.69) is 47.9 Å². The molecule has 0 bridgehead atoms. The Morgan fingerprint density at radius 2 is 2.00 bits per heavy atom. The molecule has 0 aliphatic rings. The first-order valence-electron chi connectivity index (χ1n) is 7.98. The number of aromatic nitrogens is 3. The van der Waals surface area contributed by atoms with Crippen molar-refractivity contribution in [3.05, 3.63) is 59.8 Å². The summed E-state index contributed by atoms with van der Waals surface area (Å²) in [5.74, 6) is -0.0610. The summed E-state index contributed by atoms with van der Waals surface area (Å²) in [6, 6.07) is 8.21. The number of aromatic amines is 1. The maximum Gasteiger partial charge on any atom is 0.270 e. The van der Waals surface area contributed by atoms with E-state index >= 15 is 0 Å². The van der Waals surface area contributed by atoms with E-state index in [-0.39, 0.29) is 11.3 Å². The third kappa shape index (κ3) is 3.30. The van der Waals surface area contributed by atoms with E-state index in [0.717, 1.165) is 16.6 Å². The van der Waals surface area contributed by atoms with Gasteiger partial charge in [0, 0.05) is 30.3 Å². The molecule has 3 rings (SSSR count). The second-order valence-corrected chi connectivity index (χ2v) is 7.09. The van der Waals surface area contributed by atoms with Gasteiger partial charge in [-0.05, 0) is 29.2 Å². The van der Waals surface area contributed by atoms with Crippen LogP contribution in [0.25, 0.3) is 10.9 Å². The van der Waals surface area contributed by atoms with Crippen molar-refractivity contribution in [1.29, 1.82) is 0 Å². The lowest BCUT2D eigenvalue weighted by atomic mass is 9.86. The molecular formula is C19H22N4O. The molecule has 1 amide bonds. The topological polar surface area (TPSA) is 61.9 Å². The molecule has 1 N–H and O–H groups in total. The molecule has 0 aliphatic carbocycles. The number of hydrogen-bond donors (Lipinski definition) is 1. The van der Waals surface area contributed by atoms with Gasteiger partial charge in [0.05, 0.1) is 18.4 Å². The summed E-state index contributed by atoms with van der Waals surface area (Å²) in [7, 11) is 1.77. The van der Waals surface area contributed by atoms with Gasteiger partial charge in [0.25, 0.3) is 5.91 Å². The Balaban J connectivity index is 1.84. The fraction of sp³-hybridized carbons (Fsp3) is 0.316. The van der Waals surface area contributed by atoms with Gasteiger partial charge in [0.15, 0.2) is 0 Å². The minimum atomic E-state index is -0.0610. The number of nitrogens with one attached hydrogen (secondary N) is 1. The number of hydrogen-bond acceptors (Lipinski definition) is 3. The van der Waals surface area contributed by atoms with Crippen LogP contribution in [0.4, 0.5) is 0 Å². The molecule has 0 saturated heterocycles. The minimum Gasteiger partial charge on any atom is -0.351 e. The second kappa shape index (κ2) is 6.07. The Labute approximate surface area is 141 Å². The highest BCUT2D eigenvalue weighted by atomic mass is 16.2. The van der Waals surface area contributed by atoms with Crippen LogP contribution in [-0.4, -0.2) is 32.8 Å². The highest BCUT2D eigenvalue weighted by Crippen LogP contribution is 2.26. The predicted molar refractivity (Wildman–Crippen MR) is 94.8 cm³/mol. The number of amides is 1. The lowest BCUT2D eigenvalue weighted by molar-refractivity contribution is 0.0778. The number of nitrogens with zero attached hydrogens (tertiary/aromatic N) is 3. The highest BCUT2D eigenvalue weighted by Gasteiger charge is 2.18. The molecule has 0 spiro atoms. The van der Waals surface area contributed by atoms with Crippen LogP contribution in [0, 0.1) is 0 Å². The van der Waals surface area contributed by atoms with Gasteiger partial charge in [-0.25, -0.2) is 0 Å². The molecule has 5 heteroatoms. The van der Waals surface area contributed by atoms with Gasteiger partial charge >= 0.3 is 0 Å². The van der Waals surface area contributed by atoms with Crippen LogP contribution in [0.3, 0.4) is 0 Å². The summed E-state index contributed by atoms with van der Waals surface area (Å²) in [5.41, 5.74) is 3.65. The summed E-state index contributed by atoms with van der Waals surface area (Å²) < 4.78 is 0. The molecule has 5 nitrogen and oxygen atoms in total. The maximum atomic E-state index is 12.6. The zero-order valence-electron chi connectivity index (χ0n) is 14.5. The number of carbonyl (C=O) groups is 1. The van der Waals surface area contributed by atoms with E-state index in [1.54, 1.807) is 30.5 Å². The first-order chi connectivity index (χ1) is 11.3. The SMILES string of the molecule is CN(Cc1cnccn1)C(=O)c1cc2cc(C(C)(C)C)ccc2[nH]1. The largest absolute Gasteiger partial charge is 0.351 e. The third-order valence-electron chi connectivity index (χ3n) is 4.08. The number of benzene rings is 1. The molecule has 0 unspecified atom stereocenters. The Morgan fingerprint density at radius 3 is 2.67 bits per heavy atom. The van der Waals surface area contributed by atoms with Crippen LogP contribution in [-0.2, 0) is 12.0 Å². The van der Waals surface area contributed by atoms with E-state index in [1.165, 1.54) is 5.56 Å². The highest BCUT2D eigenvalue weighted by molar-refractivity contribution is 5.98.